The molecule has 0 saturated heterocycles. The quantitative estimate of drug-likeness (QED) is 0.888. The molecule has 0 spiro atoms. The number of nitrogens with zero attached hydrogens (tertiary/aromatic N) is 1. The fourth-order valence-electron chi connectivity index (χ4n) is 3.19. The van der Waals surface area contributed by atoms with Crippen LogP contribution in [0.3, 0.4) is 0 Å². The summed E-state index contributed by atoms with van der Waals surface area (Å²) in [6, 6.07) is 5.91. The van der Waals surface area contributed by atoms with E-state index in [1.54, 1.807) is 19.1 Å². The molecule has 1 aliphatic carbocycles. The zero-order valence-corrected chi connectivity index (χ0v) is 14.5. The number of carbonyl (C=O) groups excluding carboxylic acids is 1. The maximum absolute atomic E-state index is 13.0. The predicted octanol–water partition coefficient (Wildman–Crippen LogP) is 4.01. The molecule has 1 fully saturated rings. The minimum Gasteiger partial charge on any atom is -0.489 e. The number of aryl methyl sites for hydroxylation is 1. The van der Waals surface area contributed by atoms with Gasteiger partial charge in [-0.05, 0) is 49.9 Å². The number of aromatic nitrogens is 1. The van der Waals surface area contributed by atoms with E-state index in [4.69, 9.17) is 9.26 Å². The maximum Gasteiger partial charge on any atom is 0.274 e. The molecule has 25 heavy (non-hydrogen) atoms. The molecule has 3 rings (SSSR count). The van der Waals surface area contributed by atoms with Gasteiger partial charge in [0, 0.05) is 6.04 Å². The Balaban J connectivity index is 1.67. The highest BCUT2D eigenvalue weighted by Crippen LogP contribution is 2.25. The van der Waals surface area contributed by atoms with Crippen molar-refractivity contribution < 1.29 is 18.4 Å². The lowest BCUT2D eigenvalue weighted by molar-refractivity contribution is 0.0899. The number of ether oxygens (including phenoxy) is 1. The van der Waals surface area contributed by atoms with E-state index in [1.165, 1.54) is 18.6 Å². The van der Waals surface area contributed by atoms with Crippen LogP contribution >= 0.6 is 0 Å². The number of rotatable bonds is 5. The summed E-state index contributed by atoms with van der Waals surface area (Å²) >= 11 is 0. The fourth-order valence-corrected chi connectivity index (χ4v) is 3.19. The molecular weight excluding hydrogens is 323 g/mol. The molecule has 1 aromatic carbocycles. The van der Waals surface area contributed by atoms with E-state index in [2.05, 4.69) is 17.4 Å². The summed E-state index contributed by atoms with van der Waals surface area (Å²) in [5, 5.41) is 6.98. The molecule has 0 radical (unpaired) electrons. The lowest BCUT2D eigenvalue weighted by Crippen LogP contribution is -2.41. The molecule has 0 aliphatic heterocycles. The minimum absolute atomic E-state index is 0.143. The molecule has 1 N–H and O–H groups in total. The highest BCUT2D eigenvalue weighted by molar-refractivity contribution is 5.94. The van der Waals surface area contributed by atoms with E-state index in [1.807, 2.05) is 0 Å². The van der Waals surface area contributed by atoms with E-state index < -0.39 is 0 Å². The molecule has 1 aromatic heterocycles. The van der Waals surface area contributed by atoms with Crippen molar-refractivity contribution in [2.45, 2.75) is 52.2 Å². The largest absolute Gasteiger partial charge is 0.489 e. The van der Waals surface area contributed by atoms with Gasteiger partial charge in [-0.15, -0.1) is 0 Å². The van der Waals surface area contributed by atoms with Gasteiger partial charge in [0.2, 0.25) is 0 Å². The molecule has 1 heterocycles. The average Bonchev–Trinajstić information content (AvgIpc) is 2.97. The van der Waals surface area contributed by atoms with Gasteiger partial charge in [0.25, 0.3) is 5.91 Å². The Bertz CT molecular complexity index is 727. The second-order valence-electron chi connectivity index (χ2n) is 6.65. The molecule has 2 aromatic rings. The average molecular weight is 346 g/mol. The zero-order valence-electron chi connectivity index (χ0n) is 14.5. The second kappa shape index (κ2) is 7.68. The van der Waals surface area contributed by atoms with Gasteiger partial charge in [-0.3, -0.25) is 4.79 Å². The third-order valence-electron chi connectivity index (χ3n) is 4.82. The van der Waals surface area contributed by atoms with Crippen LogP contribution in [0, 0.1) is 18.7 Å². The van der Waals surface area contributed by atoms with E-state index in [0.29, 0.717) is 23.0 Å². The van der Waals surface area contributed by atoms with Gasteiger partial charge in [-0.25, -0.2) is 4.39 Å². The summed E-state index contributed by atoms with van der Waals surface area (Å²) in [7, 11) is 0. The SMILES string of the molecule is Cc1onc(C(=O)NC2CCCCC2C)c1COc1ccc(F)cc1. The van der Waals surface area contributed by atoms with Crippen LogP contribution in [0.1, 0.15) is 54.4 Å². The number of carbonyl (C=O) groups is 1. The molecule has 6 heteroatoms. The third-order valence-corrected chi connectivity index (χ3v) is 4.82. The van der Waals surface area contributed by atoms with Crippen LogP contribution in [0.5, 0.6) is 5.75 Å². The van der Waals surface area contributed by atoms with Crippen LogP contribution in [0.4, 0.5) is 4.39 Å². The monoisotopic (exact) mass is 346 g/mol. The lowest BCUT2D eigenvalue weighted by atomic mass is 9.86. The minimum atomic E-state index is -0.324. The molecule has 2 unspecified atom stereocenters. The molecular formula is C19H23FN2O3. The molecule has 1 aliphatic rings. The van der Waals surface area contributed by atoms with Gasteiger partial charge >= 0.3 is 0 Å². The molecule has 1 saturated carbocycles. The lowest BCUT2D eigenvalue weighted by Gasteiger charge is -2.29. The Kier molecular flexibility index (Phi) is 5.36. The summed E-state index contributed by atoms with van der Waals surface area (Å²) in [4.78, 5) is 12.6. The Morgan fingerprint density at radius 2 is 2.04 bits per heavy atom. The molecule has 2 atom stereocenters. The number of nitrogens with one attached hydrogen (secondary N) is 1. The molecule has 5 nitrogen and oxygen atoms in total. The Hall–Kier alpha value is -2.37. The van der Waals surface area contributed by atoms with Crippen molar-refractivity contribution in [3.63, 3.8) is 0 Å². The van der Waals surface area contributed by atoms with Crippen LogP contribution in [-0.4, -0.2) is 17.1 Å². The van der Waals surface area contributed by atoms with Gasteiger partial charge < -0.3 is 14.6 Å². The first-order valence-corrected chi connectivity index (χ1v) is 8.69. The Morgan fingerprint density at radius 1 is 1.32 bits per heavy atom. The van der Waals surface area contributed by atoms with Crippen LogP contribution in [0.15, 0.2) is 28.8 Å². The van der Waals surface area contributed by atoms with Crippen molar-refractivity contribution in [2.24, 2.45) is 5.92 Å². The van der Waals surface area contributed by atoms with Gasteiger partial charge in [-0.1, -0.05) is 24.9 Å². The predicted molar refractivity (Wildman–Crippen MR) is 90.9 cm³/mol. The first-order valence-electron chi connectivity index (χ1n) is 8.69. The maximum atomic E-state index is 13.0. The summed E-state index contributed by atoms with van der Waals surface area (Å²) in [5.74, 6) is 0.978. The normalized spacial score (nSPS) is 20.3. The zero-order chi connectivity index (χ0) is 17.8. The highest BCUT2D eigenvalue weighted by atomic mass is 19.1. The van der Waals surface area contributed by atoms with Gasteiger partial charge in [-0.2, -0.15) is 0 Å². The number of halogens is 1. The van der Waals surface area contributed by atoms with Crippen molar-refractivity contribution in [3.8, 4) is 5.75 Å². The van der Waals surface area contributed by atoms with Gasteiger partial charge in [0.1, 0.15) is 23.9 Å². The summed E-state index contributed by atoms with van der Waals surface area (Å²) in [6.07, 6.45) is 4.47. The van der Waals surface area contributed by atoms with Crippen molar-refractivity contribution in [3.05, 3.63) is 47.1 Å². The van der Waals surface area contributed by atoms with Gasteiger partial charge in [0.05, 0.1) is 5.56 Å². The smallest absolute Gasteiger partial charge is 0.274 e. The number of hydrogen-bond donors (Lipinski definition) is 1. The van der Waals surface area contributed by atoms with E-state index in [-0.39, 0.29) is 30.1 Å². The number of benzene rings is 1. The van der Waals surface area contributed by atoms with Crippen molar-refractivity contribution in [1.29, 1.82) is 0 Å². The Morgan fingerprint density at radius 3 is 2.76 bits per heavy atom. The van der Waals surface area contributed by atoms with Crippen molar-refractivity contribution >= 4 is 5.91 Å². The third kappa shape index (κ3) is 4.18. The first kappa shape index (κ1) is 17.5. The summed E-state index contributed by atoms with van der Waals surface area (Å²) in [6.45, 7) is 4.05. The molecule has 1 amide bonds. The standard InChI is InChI=1S/C19H23FN2O3/c1-12-5-3-4-6-17(12)21-19(23)18-16(13(2)25-22-18)11-24-15-9-7-14(20)8-10-15/h7-10,12,17H,3-6,11H2,1-2H3,(H,21,23). The van der Waals surface area contributed by atoms with Crippen molar-refractivity contribution in [2.75, 3.05) is 0 Å². The van der Waals surface area contributed by atoms with Crippen LogP contribution in [-0.2, 0) is 6.61 Å². The summed E-state index contributed by atoms with van der Waals surface area (Å²) < 4.78 is 23.8. The Labute approximate surface area is 146 Å². The van der Waals surface area contributed by atoms with E-state index >= 15 is 0 Å². The molecule has 0 bridgehead atoms. The highest BCUT2D eigenvalue weighted by Gasteiger charge is 2.26. The van der Waals surface area contributed by atoms with E-state index in [0.717, 1.165) is 19.3 Å². The topological polar surface area (TPSA) is 64.4 Å². The van der Waals surface area contributed by atoms with Crippen LogP contribution in [0.2, 0.25) is 0 Å². The number of hydrogen-bond acceptors (Lipinski definition) is 4. The number of amides is 1. The van der Waals surface area contributed by atoms with E-state index in [9.17, 15) is 9.18 Å². The van der Waals surface area contributed by atoms with Crippen LogP contribution < -0.4 is 10.1 Å². The first-order chi connectivity index (χ1) is 12.0. The summed E-state index contributed by atoms with van der Waals surface area (Å²) in [5.41, 5.74) is 0.877. The molecule has 134 valence electrons. The fraction of sp³-hybridized carbons (Fsp3) is 0.474. The van der Waals surface area contributed by atoms with Crippen LogP contribution in [0.25, 0.3) is 0 Å². The van der Waals surface area contributed by atoms with Crippen molar-refractivity contribution in [1.82, 2.24) is 10.5 Å². The van der Waals surface area contributed by atoms with Gasteiger partial charge in [0.15, 0.2) is 5.69 Å². The second-order valence-corrected chi connectivity index (χ2v) is 6.65.